The van der Waals surface area contributed by atoms with Crippen molar-refractivity contribution in [3.05, 3.63) is 35.4 Å². The number of amides is 1. The minimum atomic E-state index is -0.764. The van der Waals surface area contributed by atoms with Gasteiger partial charge in [-0.2, -0.15) is 0 Å². The molecule has 0 aliphatic rings. The zero-order chi connectivity index (χ0) is 13.4. The minimum absolute atomic E-state index is 0.0268. The summed E-state index contributed by atoms with van der Waals surface area (Å²) in [4.78, 5) is 11.5. The van der Waals surface area contributed by atoms with Crippen LogP contribution in [0.2, 0.25) is 0 Å². The maximum absolute atomic E-state index is 12.9. The summed E-state index contributed by atoms with van der Waals surface area (Å²) in [6, 6.07) is 2.72. The Balaban J connectivity index is 2.32. The first-order chi connectivity index (χ1) is 8.63. The zero-order valence-electron chi connectivity index (χ0n) is 10.3. The van der Waals surface area contributed by atoms with E-state index in [4.69, 9.17) is 4.74 Å². The number of ether oxygens (including phenoxy) is 1. The number of halogens is 2. The van der Waals surface area contributed by atoms with Crippen LogP contribution in [0.3, 0.4) is 0 Å². The first-order valence-electron chi connectivity index (χ1n) is 5.95. The van der Waals surface area contributed by atoms with Crippen LogP contribution in [0.25, 0.3) is 0 Å². The van der Waals surface area contributed by atoms with Crippen LogP contribution >= 0.6 is 0 Å². The number of nitrogens with one attached hydrogen (secondary N) is 1. The van der Waals surface area contributed by atoms with Gasteiger partial charge < -0.3 is 10.1 Å². The van der Waals surface area contributed by atoms with E-state index in [1.807, 2.05) is 0 Å². The number of benzene rings is 1. The van der Waals surface area contributed by atoms with Gasteiger partial charge in [-0.1, -0.05) is 13.3 Å². The summed E-state index contributed by atoms with van der Waals surface area (Å²) in [5, 5.41) is 2.53. The normalized spacial score (nSPS) is 10.4. The van der Waals surface area contributed by atoms with Gasteiger partial charge in [0, 0.05) is 24.8 Å². The molecule has 0 saturated carbocycles. The van der Waals surface area contributed by atoms with Crippen LogP contribution < -0.4 is 5.32 Å². The molecule has 18 heavy (non-hydrogen) atoms. The molecule has 1 amide bonds. The molecule has 1 N–H and O–H groups in total. The summed E-state index contributed by atoms with van der Waals surface area (Å²) in [7, 11) is 0. The monoisotopic (exact) mass is 257 g/mol. The van der Waals surface area contributed by atoms with Gasteiger partial charge in [0.1, 0.15) is 11.6 Å². The molecule has 0 aliphatic carbocycles. The average Bonchev–Trinajstić information content (AvgIpc) is 2.32. The van der Waals surface area contributed by atoms with Gasteiger partial charge in [0.05, 0.1) is 6.61 Å². The number of carbonyl (C=O) groups is 1. The molecule has 0 atom stereocenters. The van der Waals surface area contributed by atoms with Crippen LogP contribution in [-0.4, -0.2) is 25.7 Å². The van der Waals surface area contributed by atoms with E-state index < -0.39 is 17.5 Å². The number of rotatable bonds is 7. The highest BCUT2D eigenvalue weighted by molar-refractivity contribution is 5.94. The average molecular weight is 257 g/mol. The third-order valence-corrected chi connectivity index (χ3v) is 2.30. The molecule has 0 saturated heterocycles. The second-order valence-electron chi connectivity index (χ2n) is 3.88. The summed E-state index contributed by atoms with van der Waals surface area (Å²) in [6.45, 7) is 3.43. The molecule has 0 fully saturated rings. The number of hydrogen-bond acceptors (Lipinski definition) is 2. The SMILES string of the molecule is CCCCOCCNC(=O)c1cc(F)cc(F)c1. The highest BCUT2D eigenvalue weighted by Crippen LogP contribution is 2.07. The topological polar surface area (TPSA) is 38.3 Å². The smallest absolute Gasteiger partial charge is 0.251 e. The molecule has 5 heteroatoms. The summed E-state index contributed by atoms with van der Waals surface area (Å²) in [5.74, 6) is -2.04. The largest absolute Gasteiger partial charge is 0.380 e. The van der Waals surface area contributed by atoms with Gasteiger partial charge in [0.2, 0.25) is 0 Å². The Morgan fingerprint density at radius 3 is 2.50 bits per heavy atom. The van der Waals surface area contributed by atoms with Crippen LogP contribution in [0.4, 0.5) is 8.78 Å². The van der Waals surface area contributed by atoms with E-state index in [2.05, 4.69) is 12.2 Å². The van der Waals surface area contributed by atoms with Gasteiger partial charge in [0.15, 0.2) is 0 Å². The standard InChI is InChI=1S/C13H17F2NO2/c1-2-3-5-18-6-4-16-13(17)10-7-11(14)9-12(15)8-10/h7-9H,2-6H2,1H3,(H,16,17). The molecule has 0 unspecified atom stereocenters. The van der Waals surface area contributed by atoms with E-state index in [1.54, 1.807) is 0 Å². The van der Waals surface area contributed by atoms with E-state index in [0.717, 1.165) is 31.0 Å². The Bertz CT molecular complexity index is 376. The maximum atomic E-state index is 12.9. The second-order valence-corrected chi connectivity index (χ2v) is 3.88. The Morgan fingerprint density at radius 2 is 1.89 bits per heavy atom. The lowest BCUT2D eigenvalue weighted by atomic mass is 10.2. The van der Waals surface area contributed by atoms with Gasteiger partial charge in [-0.3, -0.25) is 4.79 Å². The molecule has 1 rings (SSSR count). The van der Waals surface area contributed by atoms with Crippen LogP contribution in [0, 0.1) is 11.6 Å². The van der Waals surface area contributed by atoms with Gasteiger partial charge in [0.25, 0.3) is 5.91 Å². The molecule has 0 radical (unpaired) electrons. The summed E-state index contributed by atoms with van der Waals surface area (Å²) in [6.07, 6.45) is 2.03. The maximum Gasteiger partial charge on any atom is 0.251 e. The van der Waals surface area contributed by atoms with Gasteiger partial charge in [-0.25, -0.2) is 8.78 Å². The zero-order valence-corrected chi connectivity index (χ0v) is 10.3. The quantitative estimate of drug-likeness (QED) is 0.762. The Kier molecular flexibility index (Phi) is 6.28. The van der Waals surface area contributed by atoms with E-state index in [1.165, 1.54) is 0 Å². The summed E-state index contributed by atoms with van der Waals surface area (Å²) in [5.41, 5.74) is -0.0268. The molecule has 3 nitrogen and oxygen atoms in total. The van der Waals surface area contributed by atoms with Crippen molar-refractivity contribution < 1.29 is 18.3 Å². The van der Waals surface area contributed by atoms with Crippen LogP contribution in [0.1, 0.15) is 30.1 Å². The summed E-state index contributed by atoms with van der Waals surface area (Å²) >= 11 is 0. The highest BCUT2D eigenvalue weighted by Gasteiger charge is 2.08. The lowest BCUT2D eigenvalue weighted by Gasteiger charge is -2.06. The molecule has 0 aliphatic heterocycles. The Morgan fingerprint density at radius 1 is 1.22 bits per heavy atom. The van der Waals surface area contributed by atoms with Crippen molar-refractivity contribution in [1.82, 2.24) is 5.32 Å². The molecule has 1 aromatic rings. The molecular weight excluding hydrogens is 240 g/mol. The molecule has 0 bridgehead atoms. The molecule has 1 aromatic carbocycles. The highest BCUT2D eigenvalue weighted by atomic mass is 19.1. The lowest BCUT2D eigenvalue weighted by Crippen LogP contribution is -2.27. The first-order valence-corrected chi connectivity index (χ1v) is 5.95. The predicted octanol–water partition coefficient (Wildman–Crippen LogP) is 2.51. The number of hydrogen-bond donors (Lipinski definition) is 1. The van der Waals surface area contributed by atoms with Crippen molar-refractivity contribution in [1.29, 1.82) is 0 Å². The van der Waals surface area contributed by atoms with Gasteiger partial charge >= 0.3 is 0 Å². The Hall–Kier alpha value is -1.49. The van der Waals surface area contributed by atoms with Crippen molar-refractivity contribution >= 4 is 5.91 Å². The van der Waals surface area contributed by atoms with Crippen molar-refractivity contribution in [2.24, 2.45) is 0 Å². The van der Waals surface area contributed by atoms with Crippen LogP contribution in [0.15, 0.2) is 18.2 Å². The van der Waals surface area contributed by atoms with Gasteiger partial charge in [-0.15, -0.1) is 0 Å². The van der Waals surface area contributed by atoms with Crippen molar-refractivity contribution in [3.8, 4) is 0 Å². The van der Waals surface area contributed by atoms with E-state index in [9.17, 15) is 13.6 Å². The van der Waals surface area contributed by atoms with E-state index in [0.29, 0.717) is 19.8 Å². The Labute approximate surface area is 105 Å². The number of carbonyl (C=O) groups excluding carboxylic acids is 1. The first kappa shape index (κ1) is 14.6. The molecule has 100 valence electrons. The third-order valence-electron chi connectivity index (χ3n) is 2.30. The summed E-state index contributed by atoms with van der Waals surface area (Å²) < 4.78 is 31.0. The molecule has 0 heterocycles. The fourth-order valence-corrected chi connectivity index (χ4v) is 1.37. The predicted molar refractivity (Wildman–Crippen MR) is 64.4 cm³/mol. The van der Waals surface area contributed by atoms with Crippen LogP contribution in [0.5, 0.6) is 0 Å². The second kappa shape index (κ2) is 7.76. The van der Waals surface area contributed by atoms with Gasteiger partial charge in [-0.05, 0) is 18.6 Å². The minimum Gasteiger partial charge on any atom is -0.380 e. The fourth-order valence-electron chi connectivity index (χ4n) is 1.37. The van der Waals surface area contributed by atoms with Crippen molar-refractivity contribution in [3.63, 3.8) is 0 Å². The molecular formula is C13H17F2NO2. The molecule has 0 aromatic heterocycles. The number of unbranched alkanes of at least 4 members (excludes halogenated alkanes) is 1. The third kappa shape index (κ3) is 5.23. The van der Waals surface area contributed by atoms with Crippen molar-refractivity contribution in [2.75, 3.05) is 19.8 Å². The van der Waals surface area contributed by atoms with Crippen LogP contribution in [-0.2, 0) is 4.74 Å². The van der Waals surface area contributed by atoms with Crippen molar-refractivity contribution in [2.45, 2.75) is 19.8 Å². The molecule has 0 spiro atoms. The fraction of sp³-hybridized carbons (Fsp3) is 0.462. The van der Waals surface area contributed by atoms with E-state index in [-0.39, 0.29) is 5.56 Å². The lowest BCUT2D eigenvalue weighted by molar-refractivity contribution is 0.0912. The van der Waals surface area contributed by atoms with E-state index >= 15 is 0 Å².